The minimum Gasteiger partial charge on any atom is -0.487 e. The molecule has 1 N–H and O–H groups in total. The molecular formula is C14H18N4O2. The van der Waals surface area contributed by atoms with Gasteiger partial charge in [0.1, 0.15) is 18.1 Å². The van der Waals surface area contributed by atoms with Crippen LogP contribution in [0.3, 0.4) is 0 Å². The lowest BCUT2D eigenvalue weighted by Crippen LogP contribution is -2.17. The zero-order chi connectivity index (χ0) is 14.2. The van der Waals surface area contributed by atoms with Crippen LogP contribution in [0.2, 0.25) is 0 Å². The number of para-hydroxylation sites is 1. The maximum Gasteiger partial charge on any atom is 0.219 e. The normalized spacial score (nSPS) is 10.2. The number of carbonyl (C=O) groups excluding carboxylic acids is 1. The molecule has 0 saturated carbocycles. The van der Waals surface area contributed by atoms with E-state index in [2.05, 4.69) is 15.6 Å². The smallest absolute Gasteiger partial charge is 0.219 e. The molecule has 1 aromatic carbocycles. The number of hydrogen-bond donors (Lipinski definition) is 1. The van der Waals surface area contributed by atoms with Gasteiger partial charge in [0.2, 0.25) is 5.91 Å². The highest BCUT2D eigenvalue weighted by molar-refractivity contribution is 5.75. The van der Waals surface area contributed by atoms with Gasteiger partial charge >= 0.3 is 0 Å². The van der Waals surface area contributed by atoms with Crippen LogP contribution in [0.5, 0.6) is 5.75 Å². The highest BCUT2D eigenvalue weighted by atomic mass is 16.5. The minimum absolute atomic E-state index is 0.0396. The lowest BCUT2D eigenvalue weighted by Gasteiger charge is -2.02. The summed E-state index contributed by atoms with van der Waals surface area (Å²) in [4.78, 5) is 11.1. The van der Waals surface area contributed by atoms with Crippen LogP contribution in [-0.2, 0) is 17.9 Å². The van der Waals surface area contributed by atoms with Crippen LogP contribution in [-0.4, -0.2) is 27.9 Å². The highest BCUT2D eigenvalue weighted by Gasteiger charge is 2.03. The summed E-state index contributed by atoms with van der Waals surface area (Å²) in [6.45, 7) is 1.06. The van der Waals surface area contributed by atoms with Crippen LogP contribution in [0.1, 0.15) is 18.5 Å². The van der Waals surface area contributed by atoms with Crippen molar-refractivity contribution in [3.8, 4) is 5.75 Å². The average Bonchev–Trinajstić information content (AvgIpc) is 2.94. The molecule has 0 aliphatic carbocycles. The van der Waals surface area contributed by atoms with E-state index in [0.717, 1.165) is 17.9 Å². The number of benzene rings is 1. The quantitative estimate of drug-likeness (QED) is 0.828. The minimum atomic E-state index is 0.0396. The first kappa shape index (κ1) is 14.0. The van der Waals surface area contributed by atoms with Crippen molar-refractivity contribution in [1.82, 2.24) is 20.3 Å². The monoisotopic (exact) mass is 274 g/mol. The Morgan fingerprint density at radius 1 is 1.35 bits per heavy atom. The van der Waals surface area contributed by atoms with Crippen LogP contribution in [0, 0.1) is 0 Å². The van der Waals surface area contributed by atoms with Gasteiger partial charge in [0.25, 0.3) is 0 Å². The molecule has 0 unspecified atom stereocenters. The van der Waals surface area contributed by atoms with Gasteiger partial charge in [0, 0.05) is 20.0 Å². The van der Waals surface area contributed by atoms with Gasteiger partial charge in [-0.05, 0) is 18.6 Å². The third-order valence-electron chi connectivity index (χ3n) is 2.79. The van der Waals surface area contributed by atoms with Crippen molar-refractivity contribution >= 4 is 5.91 Å². The summed E-state index contributed by atoms with van der Waals surface area (Å²) in [5.74, 6) is 0.847. The highest BCUT2D eigenvalue weighted by Crippen LogP contribution is 2.10. The molecule has 0 atom stereocenters. The molecule has 0 radical (unpaired) electrons. The molecule has 0 aliphatic rings. The average molecular weight is 274 g/mol. The third-order valence-corrected chi connectivity index (χ3v) is 2.79. The second-order valence-corrected chi connectivity index (χ2v) is 4.35. The van der Waals surface area contributed by atoms with Crippen LogP contribution in [0.15, 0.2) is 36.5 Å². The summed E-state index contributed by atoms with van der Waals surface area (Å²) in [7, 11) is 1.64. The summed E-state index contributed by atoms with van der Waals surface area (Å²) in [6.07, 6.45) is 3.07. The van der Waals surface area contributed by atoms with E-state index in [0.29, 0.717) is 19.6 Å². The molecule has 6 heteroatoms. The predicted molar refractivity (Wildman–Crippen MR) is 74.1 cm³/mol. The molecule has 1 heterocycles. The van der Waals surface area contributed by atoms with Gasteiger partial charge in [-0.1, -0.05) is 23.4 Å². The molecular weight excluding hydrogens is 256 g/mol. The number of ether oxygens (including phenoxy) is 1. The zero-order valence-electron chi connectivity index (χ0n) is 11.5. The summed E-state index contributed by atoms with van der Waals surface area (Å²) in [6, 6.07) is 9.58. The first-order valence-electron chi connectivity index (χ1n) is 6.55. The first-order chi connectivity index (χ1) is 9.78. The molecule has 0 aliphatic heterocycles. The lowest BCUT2D eigenvalue weighted by molar-refractivity contribution is -0.120. The third kappa shape index (κ3) is 4.38. The summed E-state index contributed by atoms with van der Waals surface area (Å²) in [5.41, 5.74) is 0.772. The molecule has 106 valence electrons. The van der Waals surface area contributed by atoms with E-state index in [1.165, 1.54) is 0 Å². The predicted octanol–water partition coefficient (Wildman–Crippen LogP) is 1.38. The standard InChI is InChI=1S/C14H18N4O2/c1-15-14(19)8-5-9-18-10-12(16-17-18)11-20-13-6-3-2-4-7-13/h2-4,6-7,10H,5,8-9,11H2,1H3,(H,15,19). The van der Waals surface area contributed by atoms with Gasteiger partial charge < -0.3 is 10.1 Å². The number of carbonyl (C=O) groups is 1. The SMILES string of the molecule is CNC(=O)CCCn1cc(COc2ccccc2)nn1. The zero-order valence-corrected chi connectivity index (χ0v) is 11.5. The molecule has 0 saturated heterocycles. The van der Waals surface area contributed by atoms with Crippen LogP contribution >= 0.6 is 0 Å². The van der Waals surface area contributed by atoms with E-state index < -0.39 is 0 Å². The van der Waals surface area contributed by atoms with E-state index in [1.807, 2.05) is 36.5 Å². The van der Waals surface area contributed by atoms with Crippen molar-refractivity contribution in [2.75, 3.05) is 7.05 Å². The Bertz CT molecular complexity index is 539. The number of hydrogen-bond acceptors (Lipinski definition) is 4. The van der Waals surface area contributed by atoms with Crippen molar-refractivity contribution in [1.29, 1.82) is 0 Å². The van der Waals surface area contributed by atoms with Gasteiger partial charge in [-0.3, -0.25) is 9.48 Å². The van der Waals surface area contributed by atoms with E-state index >= 15 is 0 Å². The second kappa shape index (κ2) is 7.28. The lowest BCUT2D eigenvalue weighted by atomic mass is 10.3. The Balaban J connectivity index is 1.76. The van der Waals surface area contributed by atoms with Crippen molar-refractivity contribution < 1.29 is 9.53 Å². The number of rotatable bonds is 7. The largest absolute Gasteiger partial charge is 0.487 e. The Labute approximate surface area is 117 Å². The maximum atomic E-state index is 11.1. The van der Waals surface area contributed by atoms with Gasteiger partial charge in [0.15, 0.2) is 0 Å². The fourth-order valence-corrected chi connectivity index (χ4v) is 1.71. The molecule has 0 fully saturated rings. The topological polar surface area (TPSA) is 69.0 Å². The van der Waals surface area contributed by atoms with Crippen LogP contribution in [0.4, 0.5) is 0 Å². The molecule has 2 aromatic rings. The summed E-state index contributed by atoms with van der Waals surface area (Å²) < 4.78 is 7.31. The second-order valence-electron chi connectivity index (χ2n) is 4.35. The Morgan fingerprint density at radius 3 is 2.90 bits per heavy atom. The summed E-state index contributed by atoms with van der Waals surface area (Å²) in [5, 5.41) is 10.6. The molecule has 0 bridgehead atoms. The Morgan fingerprint density at radius 2 is 2.15 bits per heavy atom. The maximum absolute atomic E-state index is 11.1. The van der Waals surface area contributed by atoms with Gasteiger partial charge in [-0.15, -0.1) is 5.10 Å². The van der Waals surface area contributed by atoms with Crippen molar-refractivity contribution in [3.05, 3.63) is 42.2 Å². The number of aromatic nitrogens is 3. The van der Waals surface area contributed by atoms with E-state index in [-0.39, 0.29) is 5.91 Å². The summed E-state index contributed by atoms with van der Waals surface area (Å²) >= 11 is 0. The van der Waals surface area contributed by atoms with Gasteiger partial charge in [-0.2, -0.15) is 0 Å². The van der Waals surface area contributed by atoms with E-state index in [1.54, 1.807) is 11.7 Å². The van der Waals surface area contributed by atoms with Gasteiger partial charge in [0.05, 0.1) is 6.20 Å². The fraction of sp³-hybridized carbons (Fsp3) is 0.357. The van der Waals surface area contributed by atoms with Crippen LogP contribution < -0.4 is 10.1 Å². The van der Waals surface area contributed by atoms with E-state index in [9.17, 15) is 4.79 Å². The molecule has 0 spiro atoms. The number of nitrogens with zero attached hydrogens (tertiary/aromatic N) is 3. The fourth-order valence-electron chi connectivity index (χ4n) is 1.71. The number of amides is 1. The molecule has 20 heavy (non-hydrogen) atoms. The Kier molecular flexibility index (Phi) is 5.11. The van der Waals surface area contributed by atoms with E-state index in [4.69, 9.17) is 4.74 Å². The Hall–Kier alpha value is -2.37. The number of aryl methyl sites for hydroxylation is 1. The van der Waals surface area contributed by atoms with Crippen molar-refractivity contribution in [2.24, 2.45) is 0 Å². The van der Waals surface area contributed by atoms with Crippen molar-refractivity contribution in [2.45, 2.75) is 26.0 Å². The van der Waals surface area contributed by atoms with Crippen molar-refractivity contribution in [3.63, 3.8) is 0 Å². The molecule has 1 amide bonds. The van der Waals surface area contributed by atoms with Gasteiger partial charge in [-0.25, -0.2) is 0 Å². The van der Waals surface area contributed by atoms with Crippen LogP contribution in [0.25, 0.3) is 0 Å². The molecule has 6 nitrogen and oxygen atoms in total. The first-order valence-corrected chi connectivity index (χ1v) is 6.55. The number of nitrogens with one attached hydrogen (secondary N) is 1. The molecule has 2 rings (SSSR count). The molecule has 1 aromatic heterocycles.